The zero-order valence-corrected chi connectivity index (χ0v) is 15.4. The molecule has 136 valence electrons. The first-order valence-corrected chi connectivity index (χ1v) is 8.06. The highest BCUT2D eigenvalue weighted by Crippen LogP contribution is 2.25. The Labute approximate surface area is 156 Å². The van der Waals surface area contributed by atoms with Gasteiger partial charge in [0, 0.05) is 17.1 Å². The van der Waals surface area contributed by atoms with Gasteiger partial charge < -0.3 is 20.3 Å². The van der Waals surface area contributed by atoms with Gasteiger partial charge in [-0.05, 0) is 38.5 Å². The fourth-order valence-electron chi connectivity index (χ4n) is 2.58. The summed E-state index contributed by atoms with van der Waals surface area (Å²) < 4.78 is 5.28. The van der Waals surface area contributed by atoms with Gasteiger partial charge in [0.1, 0.15) is 0 Å². The molecule has 2 atom stereocenters. The van der Waals surface area contributed by atoms with Gasteiger partial charge in [0.2, 0.25) is 5.89 Å². The lowest BCUT2D eigenvalue weighted by Gasteiger charge is -2.22. The lowest BCUT2D eigenvalue weighted by Crippen LogP contribution is -2.41. The number of amides is 1. The summed E-state index contributed by atoms with van der Waals surface area (Å²) in [5.41, 5.74) is -0.363. The van der Waals surface area contributed by atoms with E-state index in [1.165, 1.54) is 0 Å². The Balaban J connectivity index is 0.00000225. The van der Waals surface area contributed by atoms with Crippen molar-refractivity contribution in [3.8, 4) is 0 Å². The molecule has 1 amide bonds. The molecule has 2 aromatic rings. The minimum absolute atomic E-state index is 0. The van der Waals surface area contributed by atoms with Crippen LogP contribution in [0.25, 0.3) is 0 Å². The highest BCUT2D eigenvalue weighted by atomic mass is 35.5. The SMILES string of the molecule is CC(C)(NC(=O)c1cccc(Cl)c1)c1noc([C@H]2C[C@H](O)CN2)n1.Cl. The summed E-state index contributed by atoms with van der Waals surface area (Å²) in [7, 11) is 0. The van der Waals surface area contributed by atoms with Crippen LogP contribution in [0.5, 0.6) is 0 Å². The minimum atomic E-state index is -0.821. The Bertz CT molecular complexity index is 750. The summed E-state index contributed by atoms with van der Waals surface area (Å²) in [5, 5.41) is 20.0. The molecule has 1 aromatic carbocycles. The predicted octanol–water partition coefficient (Wildman–Crippen LogP) is 2.21. The van der Waals surface area contributed by atoms with Gasteiger partial charge in [0.15, 0.2) is 5.82 Å². The van der Waals surface area contributed by atoms with E-state index in [-0.39, 0.29) is 24.4 Å². The number of nitrogens with one attached hydrogen (secondary N) is 2. The van der Waals surface area contributed by atoms with Crippen molar-refractivity contribution in [2.45, 2.75) is 38.0 Å². The van der Waals surface area contributed by atoms with Gasteiger partial charge in [-0.2, -0.15) is 4.98 Å². The highest BCUT2D eigenvalue weighted by Gasteiger charge is 2.33. The van der Waals surface area contributed by atoms with Crippen molar-refractivity contribution in [2.75, 3.05) is 6.54 Å². The van der Waals surface area contributed by atoms with Gasteiger partial charge in [0.05, 0.1) is 17.7 Å². The van der Waals surface area contributed by atoms with Gasteiger partial charge in [-0.1, -0.05) is 22.8 Å². The number of rotatable bonds is 4. The van der Waals surface area contributed by atoms with Crippen LogP contribution < -0.4 is 10.6 Å². The molecule has 3 N–H and O–H groups in total. The lowest BCUT2D eigenvalue weighted by molar-refractivity contribution is 0.0907. The fraction of sp³-hybridized carbons (Fsp3) is 0.438. The molecule has 7 nitrogen and oxygen atoms in total. The molecule has 1 aliphatic heterocycles. The number of halogens is 2. The minimum Gasteiger partial charge on any atom is -0.392 e. The second-order valence-electron chi connectivity index (χ2n) is 6.40. The molecule has 0 bridgehead atoms. The van der Waals surface area contributed by atoms with Crippen LogP contribution in [-0.4, -0.2) is 33.8 Å². The van der Waals surface area contributed by atoms with Gasteiger partial charge in [-0.3, -0.25) is 4.79 Å². The average molecular weight is 387 g/mol. The van der Waals surface area contributed by atoms with E-state index in [4.69, 9.17) is 16.1 Å². The van der Waals surface area contributed by atoms with Gasteiger partial charge >= 0.3 is 0 Å². The zero-order valence-electron chi connectivity index (χ0n) is 13.8. The summed E-state index contributed by atoms with van der Waals surface area (Å²) >= 11 is 5.92. The molecule has 1 aliphatic rings. The van der Waals surface area contributed by atoms with Gasteiger partial charge in [0.25, 0.3) is 5.91 Å². The Morgan fingerprint density at radius 3 is 2.88 bits per heavy atom. The number of carbonyl (C=O) groups is 1. The topological polar surface area (TPSA) is 100 Å². The van der Waals surface area contributed by atoms with Crippen LogP contribution in [0, 0.1) is 0 Å². The van der Waals surface area contributed by atoms with Crippen LogP contribution in [0.2, 0.25) is 5.02 Å². The number of benzene rings is 1. The molecule has 0 unspecified atom stereocenters. The first kappa shape index (κ1) is 19.7. The summed E-state index contributed by atoms with van der Waals surface area (Å²) in [6.45, 7) is 4.08. The van der Waals surface area contributed by atoms with Crippen LogP contribution in [0.4, 0.5) is 0 Å². The van der Waals surface area contributed by atoms with Crippen molar-refractivity contribution in [2.24, 2.45) is 0 Å². The quantitative estimate of drug-likeness (QED) is 0.744. The Hall–Kier alpha value is -1.67. The molecular weight excluding hydrogens is 367 g/mol. The van der Waals surface area contributed by atoms with Gasteiger partial charge in [-0.25, -0.2) is 0 Å². The molecule has 1 fully saturated rings. The maximum absolute atomic E-state index is 12.4. The second-order valence-corrected chi connectivity index (χ2v) is 6.83. The summed E-state index contributed by atoms with van der Waals surface area (Å²) in [4.78, 5) is 16.8. The first-order valence-electron chi connectivity index (χ1n) is 7.69. The third-order valence-electron chi connectivity index (χ3n) is 3.92. The van der Waals surface area contributed by atoms with Crippen LogP contribution in [0.15, 0.2) is 28.8 Å². The van der Waals surface area contributed by atoms with Crippen LogP contribution in [0.3, 0.4) is 0 Å². The maximum Gasteiger partial charge on any atom is 0.252 e. The Morgan fingerprint density at radius 2 is 2.24 bits per heavy atom. The molecule has 0 spiro atoms. The zero-order chi connectivity index (χ0) is 17.3. The molecule has 0 saturated carbocycles. The predicted molar refractivity (Wildman–Crippen MR) is 94.9 cm³/mol. The average Bonchev–Trinajstić information content (AvgIpc) is 3.15. The molecule has 0 radical (unpaired) electrons. The van der Waals surface area contributed by atoms with Crippen LogP contribution in [-0.2, 0) is 5.54 Å². The summed E-state index contributed by atoms with van der Waals surface area (Å²) in [6, 6.07) is 6.54. The first-order chi connectivity index (χ1) is 11.3. The fourth-order valence-corrected chi connectivity index (χ4v) is 2.77. The van der Waals surface area contributed by atoms with Crippen molar-refractivity contribution in [1.29, 1.82) is 0 Å². The smallest absolute Gasteiger partial charge is 0.252 e. The van der Waals surface area contributed by atoms with E-state index in [9.17, 15) is 9.90 Å². The number of carbonyl (C=O) groups excluding carboxylic acids is 1. The van der Waals surface area contributed by atoms with E-state index < -0.39 is 11.6 Å². The summed E-state index contributed by atoms with van der Waals surface area (Å²) in [5.74, 6) is 0.506. The largest absolute Gasteiger partial charge is 0.392 e. The number of aliphatic hydroxyl groups excluding tert-OH is 1. The maximum atomic E-state index is 12.4. The van der Waals surface area contributed by atoms with Crippen molar-refractivity contribution in [1.82, 2.24) is 20.8 Å². The lowest BCUT2D eigenvalue weighted by atomic mass is 10.0. The van der Waals surface area contributed by atoms with Crippen molar-refractivity contribution in [3.63, 3.8) is 0 Å². The van der Waals surface area contributed by atoms with E-state index in [1.807, 2.05) is 0 Å². The van der Waals surface area contributed by atoms with Crippen molar-refractivity contribution >= 4 is 29.9 Å². The Kier molecular flexibility index (Phi) is 6.05. The molecule has 1 saturated heterocycles. The van der Waals surface area contributed by atoms with E-state index in [0.717, 1.165) is 0 Å². The molecule has 2 heterocycles. The molecule has 0 aliphatic carbocycles. The number of nitrogens with zero attached hydrogens (tertiary/aromatic N) is 2. The number of hydrogen-bond acceptors (Lipinski definition) is 6. The van der Waals surface area contributed by atoms with E-state index in [0.29, 0.717) is 35.3 Å². The standard InChI is InChI=1S/C16H19ClN4O3.ClH/c1-16(2,20-13(23)9-4-3-5-10(17)6-9)15-19-14(24-21-15)12-7-11(22)8-18-12;/h3-6,11-12,18,22H,7-8H2,1-2H3,(H,20,23);1H/t11-,12+;/m0./s1. The van der Waals surface area contributed by atoms with Gasteiger partial charge in [-0.15, -0.1) is 12.4 Å². The number of aromatic nitrogens is 2. The van der Waals surface area contributed by atoms with E-state index in [2.05, 4.69) is 20.8 Å². The second kappa shape index (κ2) is 7.70. The Morgan fingerprint density at radius 1 is 1.48 bits per heavy atom. The molecular formula is C16H20Cl2N4O3. The monoisotopic (exact) mass is 386 g/mol. The molecule has 3 rings (SSSR count). The third-order valence-corrected chi connectivity index (χ3v) is 4.15. The molecule has 25 heavy (non-hydrogen) atoms. The third kappa shape index (κ3) is 4.49. The number of aliphatic hydroxyl groups is 1. The van der Waals surface area contributed by atoms with Crippen LogP contribution in [0.1, 0.15) is 48.4 Å². The number of β-amino-alcohol motifs (C(OH)–C–C–N with tert-alkyl or cyclic N) is 1. The van der Waals surface area contributed by atoms with Crippen molar-refractivity contribution in [3.05, 3.63) is 46.6 Å². The summed E-state index contributed by atoms with van der Waals surface area (Å²) in [6.07, 6.45) is 0.109. The van der Waals surface area contributed by atoms with E-state index >= 15 is 0 Å². The number of hydrogen-bond donors (Lipinski definition) is 3. The highest BCUT2D eigenvalue weighted by molar-refractivity contribution is 6.30. The van der Waals surface area contributed by atoms with E-state index in [1.54, 1.807) is 38.1 Å². The van der Waals surface area contributed by atoms with Crippen LogP contribution >= 0.6 is 24.0 Å². The molecule has 1 aromatic heterocycles. The molecule has 9 heteroatoms. The van der Waals surface area contributed by atoms with Crippen molar-refractivity contribution < 1.29 is 14.4 Å². The normalized spacial score (nSPS) is 20.2.